The molecule has 2 heterocycles. The molecule has 0 saturated carbocycles. The third-order valence-electron chi connectivity index (χ3n) is 5.20. The molecule has 152 valence electrons. The van der Waals surface area contributed by atoms with Crippen molar-refractivity contribution in [3.05, 3.63) is 78.0 Å². The molecular weight excluding hydrogens is 365 g/mol. The summed E-state index contributed by atoms with van der Waals surface area (Å²) in [5.41, 5.74) is 2.73. The number of nitrogens with zero attached hydrogens (tertiary/aromatic N) is 2. The Morgan fingerprint density at radius 1 is 1.17 bits per heavy atom. The number of aromatic nitrogens is 2. The van der Waals surface area contributed by atoms with Gasteiger partial charge in [0.15, 0.2) is 0 Å². The van der Waals surface area contributed by atoms with E-state index < -0.39 is 0 Å². The van der Waals surface area contributed by atoms with Crippen LogP contribution in [0.4, 0.5) is 4.39 Å². The molecule has 1 aromatic heterocycles. The monoisotopic (exact) mass is 393 g/mol. The maximum absolute atomic E-state index is 13.8. The van der Waals surface area contributed by atoms with Crippen LogP contribution in [-0.2, 0) is 11.3 Å². The number of ether oxygens (including phenoxy) is 1. The molecule has 0 aliphatic carbocycles. The highest BCUT2D eigenvalue weighted by atomic mass is 19.1. The average molecular weight is 394 g/mol. The molecule has 2 aromatic carbocycles. The maximum atomic E-state index is 13.8. The molecule has 4 rings (SSSR count). The van der Waals surface area contributed by atoms with Crippen LogP contribution in [0.25, 0.3) is 11.3 Å². The molecular formula is C24H28FN3O. The largest absolute Gasteiger partial charge is 0.372 e. The molecule has 1 saturated heterocycles. The van der Waals surface area contributed by atoms with Gasteiger partial charge in [-0.25, -0.2) is 9.37 Å². The van der Waals surface area contributed by atoms with Gasteiger partial charge in [0.2, 0.25) is 0 Å². The lowest BCUT2D eigenvalue weighted by atomic mass is 9.86. The summed E-state index contributed by atoms with van der Waals surface area (Å²) in [6.45, 7) is 8.96. The van der Waals surface area contributed by atoms with Gasteiger partial charge in [-0.15, -0.1) is 0 Å². The summed E-state index contributed by atoms with van der Waals surface area (Å²) >= 11 is 0. The van der Waals surface area contributed by atoms with E-state index in [9.17, 15) is 4.39 Å². The van der Waals surface area contributed by atoms with Crippen molar-refractivity contribution in [2.45, 2.75) is 39.5 Å². The number of halogens is 1. The normalized spacial score (nSPS) is 17.3. The van der Waals surface area contributed by atoms with Gasteiger partial charge in [0.1, 0.15) is 11.6 Å². The number of rotatable bonds is 7. The molecule has 1 fully saturated rings. The summed E-state index contributed by atoms with van der Waals surface area (Å²) in [5, 5.41) is 3.66. The van der Waals surface area contributed by atoms with E-state index in [1.807, 2.05) is 30.5 Å². The van der Waals surface area contributed by atoms with Gasteiger partial charge in [0, 0.05) is 24.8 Å². The van der Waals surface area contributed by atoms with E-state index in [1.165, 1.54) is 17.7 Å². The van der Waals surface area contributed by atoms with Crippen LogP contribution in [0.3, 0.4) is 0 Å². The molecule has 2 atom stereocenters. The Balaban J connectivity index is 1.74. The van der Waals surface area contributed by atoms with Crippen molar-refractivity contribution in [1.82, 2.24) is 14.9 Å². The lowest BCUT2D eigenvalue weighted by Crippen LogP contribution is -2.36. The lowest BCUT2D eigenvalue weighted by Gasteiger charge is -2.31. The number of hydrogen-bond acceptors (Lipinski definition) is 3. The summed E-state index contributed by atoms with van der Waals surface area (Å²) in [4.78, 5) is 4.98. The quantitative estimate of drug-likeness (QED) is 0.586. The van der Waals surface area contributed by atoms with E-state index >= 15 is 0 Å². The number of hydrogen-bond donors (Lipinski definition) is 1. The van der Waals surface area contributed by atoms with Crippen LogP contribution in [0.2, 0.25) is 0 Å². The average Bonchev–Trinajstić information content (AvgIpc) is 3.42. The van der Waals surface area contributed by atoms with Crippen molar-refractivity contribution in [3.8, 4) is 11.3 Å². The smallest absolute Gasteiger partial charge is 0.127 e. The minimum Gasteiger partial charge on any atom is -0.372 e. The van der Waals surface area contributed by atoms with Crippen molar-refractivity contribution in [2.24, 2.45) is 5.41 Å². The molecule has 0 amide bonds. The predicted octanol–water partition coefficient (Wildman–Crippen LogP) is 4.81. The molecule has 1 N–H and O–H groups in total. The van der Waals surface area contributed by atoms with Crippen LogP contribution in [0, 0.1) is 11.2 Å². The van der Waals surface area contributed by atoms with Crippen molar-refractivity contribution < 1.29 is 9.13 Å². The molecule has 4 nitrogen and oxygen atoms in total. The van der Waals surface area contributed by atoms with E-state index in [4.69, 9.17) is 9.72 Å². The van der Waals surface area contributed by atoms with Gasteiger partial charge in [-0.3, -0.25) is 0 Å². The first-order valence-corrected chi connectivity index (χ1v) is 10.1. The molecule has 5 heteroatoms. The highest BCUT2D eigenvalue weighted by Crippen LogP contribution is 2.34. The summed E-state index contributed by atoms with van der Waals surface area (Å²) in [6, 6.07) is 17.0. The SMILES string of the molecule is CC(C)(C)[C@@H](NC[C@H]1CO1)c1nc(-c2cccc(F)c2)cn1Cc1ccccc1. The van der Waals surface area contributed by atoms with Crippen LogP contribution in [0.15, 0.2) is 60.8 Å². The van der Waals surface area contributed by atoms with Gasteiger partial charge >= 0.3 is 0 Å². The fourth-order valence-corrected chi connectivity index (χ4v) is 3.57. The zero-order chi connectivity index (χ0) is 20.4. The molecule has 0 radical (unpaired) electrons. The second kappa shape index (κ2) is 8.09. The topological polar surface area (TPSA) is 42.4 Å². The Labute approximate surface area is 171 Å². The first-order valence-electron chi connectivity index (χ1n) is 10.1. The van der Waals surface area contributed by atoms with Gasteiger partial charge in [0.05, 0.1) is 24.4 Å². The summed E-state index contributed by atoms with van der Waals surface area (Å²) in [5.74, 6) is 0.708. The molecule has 0 bridgehead atoms. The van der Waals surface area contributed by atoms with E-state index in [2.05, 4.69) is 42.8 Å². The Bertz CT molecular complexity index is 958. The molecule has 0 spiro atoms. The second-order valence-electron chi connectivity index (χ2n) is 8.77. The highest BCUT2D eigenvalue weighted by molar-refractivity contribution is 5.58. The number of nitrogens with one attached hydrogen (secondary N) is 1. The Morgan fingerprint density at radius 2 is 1.93 bits per heavy atom. The fraction of sp³-hybridized carbons (Fsp3) is 0.375. The van der Waals surface area contributed by atoms with Crippen LogP contribution in [-0.4, -0.2) is 28.8 Å². The third-order valence-corrected chi connectivity index (χ3v) is 5.20. The molecule has 3 aromatic rings. The highest BCUT2D eigenvalue weighted by Gasteiger charge is 2.33. The zero-order valence-electron chi connectivity index (χ0n) is 17.2. The van der Waals surface area contributed by atoms with E-state index in [1.54, 1.807) is 6.07 Å². The first-order chi connectivity index (χ1) is 13.9. The van der Waals surface area contributed by atoms with Gasteiger partial charge in [-0.05, 0) is 23.1 Å². The van der Waals surface area contributed by atoms with E-state index in [-0.39, 0.29) is 17.3 Å². The van der Waals surface area contributed by atoms with Crippen molar-refractivity contribution in [1.29, 1.82) is 0 Å². The first kappa shape index (κ1) is 19.8. The van der Waals surface area contributed by atoms with Crippen molar-refractivity contribution in [3.63, 3.8) is 0 Å². The minimum atomic E-state index is -0.252. The Morgan fingerprint density at radius 3 is 2.59 bits per heavy atom. The van der Waals surface area contributed by atoms with Gasteiger partial charge in [-0.1, -0.05) is 63.2 Å². The van der Waals surface area contributed by atoms with Gasteiger partial charge in [0.25, 0.3) is 0 Å². The van der Waals surface area contributed by atoms with E-state index in [0.717, 1.165) is 30.2 Å². The summed E-state index contributed by atoms with van der Waals surface area (Å²) in [7, 11) is 0. The van der Waals surface area contributed by atoms with Crippen molar-refractivity contribution in [2.75, 3.05) is 13.2 Å². The van der Waals surface area contributed by atoms with Crippen molar-refractivity contribution >= 4 is 0 Å². The van der Waals surface area contributed by atoms with Gasteiger partial charge in [-0.2, -0.15) is 0 Å². The van der Waals surface area contributed by atoms with Crippen LogP contribution in [0.5, 0.6) is 0 Å². The predicted molar refractivity (Wildman–Crippen MR) is 113 cm³/mol. The number of imidazole rings is 1. The summed E-state index contributed by atoms with van der Waals surface area (Å²) in [6.07, 6.45) is 2.32. The fourth-order valence-electron chi connectivity index (χ4n) is 3.57. The molecule has 1 aliphatic heterocycles. The minimum absolute atomic E-state index is 0.0396. The zero-order valence-corrected chi connectivity index (χ0v) is 17.2. The van der Waals surface area contributed by atoms with Crippen LogP contribution >= 0.6 is 0 Å². The van der Waals surface area contributed by atoms with Gasteiger partial charge < -0.3 is 14.6 Å². The molecule has 29 heavy (non-hydrogen) atoms. The van der Waals surface area contributed by atoms with Crippen LogP contribution in [0.1, 0.15) is 38.2 Å². The number of benzene rings is 2. The number of epoxide rings is 1. The second-order valence-corrected chi connectivity index (χ2v) is 8.77. The molecule has 0 unspecified atom stereocenters. The van der Waals surface area contributed by atoms with Crippen LogP contribution < -0.4 is 5.32 Å². The third kappa shape index (κ3) is 4.92. The Kier molecular flexibility index (Phi) is 5.52. The maximum Gasteiger partial charge on any atom is 0.127 e. The summed E-state index contributed by atoms with van der Waals surface area (Å²) < 4.78 is 21.4. The standard InChI is InChI=1S/C24H28FN3O/c1-24(2,3)22(26-13-20-16-29-20)23-27-21(18-10-7-11-19(25)12-18)15-28(23)14-17-8-5-4-6-9-17/h4-12,15,20,22,26H,13-14,16H2,1-3H3/t20-,22-/m0/s1. The Hall–Kier alpha value is -2.50. The lowest BCUT2D eigenvalue weighted by molar-refractivity contribution is 0.248. The van der Waals surface area contributed by atoms with E-state index in [0.29, 0.717) is 12.6 Å². The molecule has 1 aliphatic rings.